The molecular weight excluding hydrogens is 322 g/mol. The maximum atomic E-state index is 13.1. The van der Waals surface area contributed by atoms with E-state index in [9.17, 15) is 4.79 Å². The highest BCUT2D eigenvalue weighted by Crippen LogP contribution is 2.31. The summed E-state index contributed by atoms with van der Waals surface area (Å²) in [7, 11) is 0. The zero-order valence-electron chi connectivity index (χ0n) is 14.5. The van der Waals surface area contributed by atoms with Crippen molar-refractivity contribution in [1.82, 2.24) is 15.0 Å². The van der Waals surface area contributed by atoms with E-state index >= 15 is 0 Å². The van der Waals surface area contributed by atoms with Gasteiger partial charge in [0, 0.05) is 18.7 Å². The number of aromatic nitrogens is 2. The summed E-state index contributed by atoms with van der Waals surface area (Å²) in [6.45, 7) is 7.83. The Morgan fingerprint density at radius 3 is 2.60 bits per heavy atom. The smallest absolute Gasteiger partial charge is 0.259 e. The Hall–Kier alpha value is -2.67. The van der Waals surface area contributed by atoms with E-state index in [1.54, 1.807) is 4.90 Å². The predicted octanol–water partition coefficient (Wildman–Crippen LogP) is 2.88. The summed E-state index contributed by atoms with van der Waals surface area (Å²) in [5.74, 6) is 1.50. The summed E-state index contributed by atoms with van der Waals surface area (Å²) in [4.78, 5) is 19.4. The number of carbonyl (C=O) groups excluding carboxylic acids is 1. The van der Waals surface area contributed by atoms with Crippen LogP contribution in [0.3, 0.4) is 0 Å². The lowest BCUT2D eigenvalue weighted by Crippen LogP contribution is -2.40. The highest BCUT2D eigenvalue weighted by molar-refractivity contribution is 6.07. The Labute approximate surface area is 144 Å². The number of aryl methyl sites for hydroxylation is 3. The number of morpholine rings is 1. The molecular formula is C18H19N3O4. The van der Waals surface area contributed by atoms with Crippen molar-refractivity contribution in [2.75, 3.05) is 26.3 Å². The minimum Gasteiger partial charge on any atom is -0.466 e. The SMILES string of the molecule is Cc1cc(-c2cc(C(=O)N3CCOCC3)c3c(C)noc3n2)c(C)o1. The van der Waals surface area contributed by atoms with Crippen LogP contribution >= 0.6 is 0 Å². The molecule has 4 heterocycles. The number of hydrogen-bond acceptors (Lipinski definition) is 6. The Kier molecular flexibility index (Phi) is 3.80. The van der Waals surface area contributed by atoms with Crippen LogP contribution in [0.1, 0.15) is 27.6 Å². The fraction of sp³-hybridized carbons (Fsp3) is 0.389. The molecule has 0 N–H and O–H groups in total. The summed E-state index contributed by atoms with van der Waals surface area (Å²) in [5.41, 5.74) is 3.08. The van der Waals surface area contributed by atoms with E-state index in [0.29, 0.717) is 54.4 Å². The molecule has 7 nitrogen and oxygen atoms in total. The van der Waals surface area contributed by atoms with Crippen molar-refractivity contribution in [2.45, 2.75) is 20.8 Å². The average molecular weight is 341 g/mol. The topological polar surface area (TPSA) is 81.6 Å². The van der Waals surface area contributed by atoms with Crippen LogP contribution in [0.2, 0.25) is 0 Å². The summed E-state index contributed by atoms with van der Waals surface area (Å²) in [6, 6.07) is 3.72. The Morgan fingerprint density at radius 2 is 1.92 bits per heavy atom. The molecule has 1 saturated heterocycles. The standard InChI is InChI=1S/C18H19N3O4/c1-10-8-13(12(3)24-10)15-9-14(16-11(2)20-25-17(16)19-15)18(22)21-4-6-23-7-5-21/h8-9H,4-7H2,1-3H3. The first-order valence-corrected chi connectivity index (χ1v) is 8.26. The van der Waals surface area contributed by atoms with Crippen LogP contribution in [-0.4, -0.2) is 47.3 Å². The second-order valence-corrected chi connectivity index (χ2v) is 6.23. The second kappa shape index (κ2) is 6.00. The number of amides is 1. The second-order valence-electron chi connectivity index (χ2n) is 6.23. The zero-order valence-corrected chi connectivity index (χ0v) is 14.5. The molecule has 0 aromatic carbocycles. The van der Waals surface area contributed by atoms with E-state index in [1.807, 2.05) is 32.9 Å². The Bertz CT molecular complexity index is 951. The first-order chi connectivity index (χ1) is 12.0. The normalized spacial score (nSPS) is 15.1. The van der Waals surface area contributed by atoms with Crippen molar-refractivity contribution >= 4 is 17.0 Å². The minimum atomic E-state index is -0.0545. The lowest BCUT2D eigenvalue weighted by molar-refractivity contribution is 0.0304. The van der Waals surface area contributed by atoms with Gasteiger partial charge in [0.25, 0.3) is 11.6 Å². The van der Waals surface area contributed by atoms with Gasteiger partial charge >= 0.3 is 0 Å². The summed E-state index contributed by atoms with van der Waals surface area (Å²) in [6.07, 6.45) is 0. The fourth-order valence-corrected chi connectivity index (χ4v) is 3.22. The third kappa shape index (κ3) is 2.70. The molecule has 1 amide bonds. The Morgan fingerprint density at radius 1 is 1.16 bits per heavy atom. The number of hydrogen-bond donors (Lipinski definition) is 0. The highest BCUT2D eigenvalue weighted by atomic mass is 16.5. The van der Waals surface area contributed by atoms with Gasteiger partial charge in [-0.15, -0.1) is 0 Å². The Balaban J connectivity index is 1.87. The average Bonchev–Trinajstić information content (AvgIpc) is 3.16. The van der Waals surface area contributed by atoms with Gasteiger partial charge in [0.1, 0.15) is 11.5 Å². The molecule has 0 spiro atoms. The van der Waals surface area contributed by atoms with Crippen LogP contribution < -0.4 is 0 Å². The van der Waals surface area contributed by atoms with Crippen molar-refractivity contribution in [2.24, 2.45) is 0 Å². The maximum absolute atomic E-state index is 13.1. The third-order valence-corrected chi connectivity index (χ3v) is 4.46. The van der Waals surface area contributed by atoms with E-state index in [0.717, 1.165) is 17.1 Å². The van der Waals surface area contributed by atoms with Crippen molar-refractivity contribution in [3.05, 3.63) is 34.9 Å². The predicted molar refractivity (Wildman–Crippen MR) is 90.4 cm³/mol. The van der Waals surface area contributed by atoms with E-state index in [2.05, 4.69) is 10.1 Å². The monoisotopic (exact) mass is 341 g/mol. The molecule has 0 radical (unpaired) electrons. The quantitative estimate of drug-likeness (QED) is 0.713. The van der Waals surface area contributed by atoms with E-state index in [4.69, 9.17) is 13.7 Å². The molecule has 3 aromatic rings. The van der Waals surface area contributed by atoms with Gasteiger partial charge in [0.2, 0.25) is 0 Å². The van der Waals surface area contributed by atoms with Gasteiger partial charge in [-0.25, -0.2) is 4.98 Å². The van der Waals surface area contributed by atoms with Gasteiger partial charge in [0.05, 0.1) is 35.6 Å². The largest absolute Gasteiger partial charge is 0.466 e. The fourth-order valence-electron chi connectivity index (χ4n) is 3.22. The van der Waals surface area contributed by atoms with Gasteiger partial charge in [-0.05, 0) is 32.9 Å². The van der Waals surface area contributed by atoms with Crippen molar-refractivity contribution in [3.63, 3.8) is 0 Å². The van der Waals surface area contributed by atoms with Crippen LogP contribution in [0.25, 0.3) is 22.4 Å². The molecule has 0 atom stereocenters. The first kappa shape index (κ1) is 15.8. The van der Waals surface area contributed by atoms with Gasteiger partial charge in [0.15, 0.2) is 0 Å². The lowest BCUT2D eigenvalue weighted by Gasteiger charge is -2.27. The number of carbonyl (C=O) groups is 1. The van der Waals surface area contributed by atoms with Crippen LogP contribution in [0.5, 0.6) is 0 Å². The van der Waals surface area contributed by atoms with E-state index in [1.165, 1.54) is 0 Å². The number of ether oxygens (including phenoxy) is 1. The molecule has 1 fully saturated rings. The molecule has 1 aliphatic heterocycles. The van der Waals surface area contributed by atoms with Crippen molar-refractivity contribution in [3.8, 4) is 11.3 Å². The van der Waals surface area contributed by atoms with Gasteiger partial charge in [-0.3, -0.25) is 4.79 Å². The number of furan rings is 1. The number of pyridine rings is 1. The molecule has 25 heavy (non-hydrogen) atoms. The molecule has 130 valence electrons. The van der Waals surface area contributed by atoms with Crippen LogP contribution in [0, 0.1) is 20.8 Å². The van der Waals surface area contributed by atoms with Crippen molar-refractivity contribution < 1.29 is 18.5 Å². The first-order valence-electron chi connectivity index (χ1n) is 8.26. The molecule has 3 aromatic heterocycles. The molecule has 0 bridgehead atoms. The van der Waals surface area contributed by atoms with E-state index in [-0.39, 0.29) is 5.91 Å². The molecule has 1 aliphatic rings. The maximum Gasteiger partial charge on any atom is 0.259 e. The number of nitrogens with zero attached hydrogens (tertiary/aromatic N) is 3. The van der Waals surface area contributed by atoms with Crippen molar-refractivity contribution in [1.29, 1.82) is 0 Å². The highest BCUT2D eigenvalue weighted by Gasteiger charge is 2.25. The minimum absolute atomic E-state index is 0.0545. The molecule has 0 aliphatic carbocycles. The summed E-state index contributed by atoms with van der Waals surface area (Å²) in [5, 5.41) is 4.65. The molecule has 0 unspecified atom stereocenters. The van der Waals surface area contributed by atoms with Crippen LogP contribution in [-0.2, 0) is 4.74 Å². The van der Waals surface area contributed by atoms with Gasteiger partial charge in [-0.1, -0.05) is 5.16 Å². The van der Waals surface area contributed by atoms with Gasteiger partial charge in [-0.2, -0.15) is 0 Å². The number of fused-ring (bicyclic) bond motifs is 1. The van der Waals surface area contributed by atoms with Crippen LogP contribution in [0.15, 0.2) is 21.1 Å². The zero-order chi connectivity index (χ0) is 17.6. The summed E-state index contributed by atoms with van der Waals surface area (Å²) >= 11 is 0. The van der Waals surface area contributed by atoms with Crippen LogP contribution in [0.4, 0.5) is 0 Å². The molecule has 7 heteroatoms. The molecule has 4 rings (SSSR count). The van der Waals surface area contributed by atoms with E-state index < -0.39 is 0 Å². The lowest BCUT2D eigenvalue weighted by atomic mass is 10.0. The number of rotatable bonds is 2. The summed E-state index contributed by atoms with van der Waals surface area (Å²) < 4.78 is 16.3. The third-order valence-electron chi connectivity index (χ3n) is 4.46. The van der Waals surface area contributed by atoms with Gasteiger partial charge < -0.3 is 18.6 Å². The molecule has 0 saturated carbocycles.